The Morgan fingerprint density at radius 3 is 2.94 bits per heavy atom. The van der Waals surface area contributed by atoms with Crippen LogP contribution in [0.3, 0.4) is 0 Å². The number of rotatable bonds is 5. The number of hydrogen-bond acceptors (Lipinski definition) is 2. The minimum Gasteiger partial charge on any atom is -0.314 e. The van der Waals surface area contributed by atoms with Crippen LogP contribution in [-0.2, 0) is 6.54 Å². The second-order valence-corrected chi connectivity index (χ2v) is 6.53. The molecular formula is C14H22BrN3. The Balaban J connectivity index is 1.73. The fourth-order valence-electron chi connectivity index (χ4n) is 3.24. The van der Waals surface area contributed by atoms with Crippen molar-refractivity contribution in [2.24, 2.45) is 5.92 Å². The highest BCUT2D eigenvalue weighted by Gasteiger charge is 2.33. The zero-order valence-corrected chi connectivity index (χ0v) is 12.6. The van der Waals surface area contributed by atoms with Gasteiger partial charge >= 0.3 is 0 Å². The second-order valence-electron chi connectivity index (χ2n) is 5.67. The van der Waals surface area contributed by atoms with Crippen molar-refractivity contribution in [2.45, 2.75) is 57.5 Å². The normalized spacial score (nSPS) is 27.9. The van der Waals surface area contributed by atoms with Crippen molar-refractivity contribution in [3.63, 3.8) is 0 Å². The van der Waals surface area contributed by atoms with Crippen LogP contribution in [0.4, 0.5) is 0 Å². The molecule has 0 aliphatic heterocycles. The van der Waals surface area contributed by atoms with Crippen LogP contribution < -0.4 is 5.32 Å². The first-order valence-electron chi connectivity index (χ1n) is 7.24. The number of aryl methyl sites for hydroxylation is 1. The average Bonchev–Trinajstić information content (AvgIpc) is 2.97. The van der Waals surface area contributed by atoms with E-state index in [4.69, 9.17) is 0 Å². The molecule has 4 heteroatoms. The number of nitrogens with zero attached hydrogens (tertiary/aromatic N) is 2. The monoisotopic (exact) mass is 311 g/mol. The maximum atomic E-state index is 4.47. The van der Waals surface area contributed by atoms with E-state index in [9.17, 15) is 0 Å². The lowest BCUT2D eigenvalue weighted by Crippen LogP contribution is -2.27. The highest BCUT2D eigenvalue weighted by Crippen LogP contribution is 2.42. The van der Waals surface area contributed by atoms with Crippen LogP contribution in [-0.4, -0.2) is 22.4 Å². The summed E-state index contributed by atoms with van der Waals surface area (Å²) in [7, 11) is 0. The number of aromatic nitrogens is 2. The molecule has 0 radical (unpaired) electrons. The Morgan fingerprint density at radius 1 is 1.39 bits per heavy atom. The molecule has 2 fully saturated rings. The van der Waals surface area contributed by atoms with Gasteiger partial charge in [-0.1, -0.05) is 6.42 Å². The summed E-state index contributed by atoms with van der Waals surface area (Å²) in [5, 5.41) is 8.17. The van der Waals surface area contributed by atoms with Gasteiger partial charge in [-0.15, -0.1) is 0 Å². The maximum Gasteiger partial charge on any atom is 0.0635 e. The molecule has 1 N–H and O–H groups in total. The summed E-state index contributed by atoms with van der Waals surface area (Å²) in [6.07, 6.45) is 8.78. The van der Waals surface area contributed by atoms with Crippen molar-refractivity contribution < 1.29 is 0 Å². The van der Waals surface area contributed by atoms with E-state index in [1.807, 2.05) is 6.20 Å². The first kappa shape index (κ1) is 12.7. The third-order valence-electron chi connectivity index (χ3n) is 4.39. The molecule has 0 amide bonds. The molecule has 0 saturated heterocycles. The van der Waals surface area contributed by atoms with Gasteiger partial charge in [0, 0.05) is 18.5 Å². The zero-order valence-electron chi connectivity index (χ0n) is 11.0. The Hall–Kier alpha value is -0.350. The highest BCUT2D eigenvalue weighted by molar-refractivity contribution is 9.10. The second kappa shape index (κ2) is 5.33. The Morgan fingerprint density at radius 2 is 2.22 bits per heavy atom. The predicted molar refractivity (Wildman–Crippen MR) is 76.7 cm³/mol. The van der Waals surface area contributed by atoms with E-state index in [0.717, 1.165) is 18.5 Å². The highest BCUT2D eigenvalue weighted by atomic mass is 79.9. The first-order valence-corrected chi connectivity index (χ1v) is 8.03. The minimum atomic E-state index is 0.688. The molecule has 1 heterocycles. The van der Waals surface area contributed by atoms with Gasteiger partial charge in [0.05, 0.1) is 16.4 Å². The zero-order chi connectivity index (χ0) is 12.5. The lowest BCUT2D eigenvalue weighted by Gasteiger charge is -2.21. The van der Waals surface area contributed by atoms with E-state index < -0.39 is 0 Å². The molecule has 3 nitrogen and oxygen atoms in total. The quantitative estimate of drug-likeness (QED) is 0.904. The van der Waals surface area contributed by atoms with E-state index in [0.29, 0.717) is 5.92 Å². The van der Waals surface area contributed by atoms with E-state index in [-0.39, 0.29) is 0 Å². The molecule has 0 aromatic carbocycles. The van der Waals surface area contributed by atoms with Crippen LogP contribution in [0.15, 0.2) is 10.7 Å². The van der Waals surface area contributed by atoms with Gasteiger partial charge in [0.1, 0.15) is 0 Å². The Kier molecular flexibility index (Phi) is 3.76. The van der Waals surface area contributed by atoms with E-state index >= 15 is 0 Å². The lowest BCUT2D eigenvalue weighted by molar-refractivity contribution is 0.419. The van der Waals surface area contributed by atoms with Crippen molar-refractivity contribution in [3.05, 3.63) is 16.4 Å². The molecule has 0 spiro atoms. The fraction of sp³-hybridized carbons (Fsp3) is 0.786. The summed E-state index contributed by atoms with van der Waals surface area (Å²) < 4.78 is 3.37. The van der Waals surface area contributed by atoms with Crippen molar-refractivity contribution in [3.8, 4) is 0 Å². The largest absolute Gasteiger partial charge is 0.314 e. The molecule has 2 unspecified atom stereocenters. The van der Waals surface area contributed by atoms with Gasteiger partial charge in [-0.2, -0.15) is 5.10 Å². The molecule has 1 aromatic rings. The van der Waals surface area contributed by atoms with Gasteiger partial charge in [-0.3, -0.25) is 4.68 Å². The lowest BCUT2D eigenvalue weighted by atomic mass is 9.92. The summed E-state index contributed by atoms with van der Waals surface area (Å²) in [5.74, 6) is 1.48. The summed E-state index contributed by atoms with van der Waals surface area (Å²) in [6.45, 7) is 4.34. The number of hydrogen-bond donors (Lipinski definition) is 1. The molecule has 1 aromatic heterocycles. The predicted octanol–water partition coefficient (Wildman–Crippen LogP) is 3.30. The third kappa shape index (κ3) is 2.50. The van der Waals surface area contributed by atoms with E-state index in [1.54, 1.807) is 0 Å². The fourth-order valence-corrected chi connectivity index (χ4v) is 3.83. The van der Waals surface area contributed by atoms with Gasteiger partial charge in [-0.05, 0) is 61.0 Å². The molecule has 2 saturated carbocycles. The first-order chi connectivity index (χ1) is 8.79. The standard InChI is InChI=1S/C14H22BrN3/c1-2-18-14(13(15)9-17-18)12-5-3-4-10(12)8-16-11-6-7-11/h9-12,16H,2-8H2,1H3. The van der Waals surface area contributed by atoms with Crippen LogP contribution in [0.5, 0.6) is 0 Å². The molecule has 18 heavy (non-hydrogen) atoms. The van der Waals surface area contributed by atoms with E-state index in [1.165, 1.54) is 48.8 Å². The molecule has 0 bridgehead atoms. The average molecular weight is 312 g/mol. The summed E-state index contributed by atoms with van der Waals surface area (Å²) in [6, 6.07) is 0.825. The van der Waals surface area contributed by atoms with Crippen molar-refractivity contribution in [1.29, 1.82) is 0 Å². The van der Waals surface area contributed by atoms with Crippen molar-refractivity contribution >= 4 is 15.9 Å². The van der Waals surface area contributed by atoms with Crippen LogP contribution >= 0.6 is 15.9 Å². The summed E-state index contributed by atoms with van der Waals surface area (Å²) >= 11 is 3.68. The molecule has 2 atom stereocenters. The molecule has 100 valence electrons. The van der Waals surface area contributed by atoms with Crippen LogP contribution in [0.2, 0.25) is 0 Å². The Labute approximate surface area is 117 Å². The van der Waals surface area contributed by atoms with Crippen LogP contribution in [0.25, 0.3) is 0 Å². The minimum absolute atomic E-state index is 0.688. The molecule has 2 aliphatic carbocycles. The van der Waals surface area contributed by atoms with Crippen LogP contribution in [0, 0.1) is 5.92 Å². The van der Waals surface area contributed by atoms with Gasteiger partial charge in [0.2, 0.25) is 0 Å². The van der Waals surface area contributed by atoms with Gasteiger partial charge < -0.3 is 5.32 Å². The van der Waals surface area contributed by atoms with Crippen molar-refractivity contribution in [2.75, 3.05) is 6.54 Å². The summed E-state index contributed by atoms with van der Waals surface area (Å²) in [5.41, 5.74) is 1.43. The molecule has 3 rings (SSSR count). The summed E-state index contributed by atoms with van der Waals surface area (Å²) in [4.78, 5) is 0. The Bertz CT molecular complexity index is 411. The number of nitrogens with one attached hydrogen (secondary N) is 1. The topological polar surface area (TPSA) is 29.9 Å². The SMILES string of the molecule is CCn1ncc(Br)c1C1CCCC1CNC1CC1. The van der Waals surface area contributed by atoms with Gasteiger partial charge in [0.25, 0.3) is 0 Å². The van der Waals surface area contributed by atoms with Gasteiger partial charge in [0.15, 0.2) is 0 Å². The van der Waals surface area contributed by atoms with Crippen molar-refractivity contribution in [1.82, 2.24) is 15.1 Å². The maximum absolute atomic E-state index is 4.47. The number of halogens is 1. The molecular weight excluding hydrogens is 290 g/mol. The van der Waals surface area contributed by atoms with E-state index in [2.05, 4.69) is 38.0 Å². The third-order valence-corrected chi connectivity index (χ3v) is 5.00. The molecule has 2 aliphatic rings. The van der Waals surface area contributed by atoms with Crippen LogP contribution in [0.1, 0.15) is 50.6 Å². The van der Waals surface area contributed by atoms with Gasteiger partial charge in [-0.25, -0.2) is 0 Å². The smallest absolute Gasteiger partial charge is 0.0635 e.